The Bertz CT molecular complexity index is 1350. The van der Waals surface area contributed by atoms with E-state index in [0.29, 0.717) is 22.6 Å². The molecule has 2 heterocycles. The number of carboxylic acid groups (broad SMARTS) is 1. The largest absolute Gasteiger partial charge is 0.481 e. The van der Waals surface area contributed by atoms with Gasteiger partial charge in [-0.3, -0.25) is 24.1 Å². The minimum Gasteiger partial charge on any atom is -0.481 e. The van der Waals surface area contributed by atoms with Crippen LogP contribution in [-0.2, 0) is 4.79 Å². The lowest BCUT2D eigenvalue weighted by molar-refractivity contribution is -0.137. The van der Waals surface area contributed by atoms with Crippen molar-refractivity contribution in [1.29, 1.82) is 0 Å². The number of benzene rings is 3. The van der Waals surface area contributed by atoms with Crippen LogP contribution in [0, 0.1) is 0 Å². The highest BCUT2D eigenvalue weighted by molar-refractivity contribution is 6.21. The molecule has 206 valence electrons. The molecular formula is C32H33N3O5. The molecule has 0 saturated carbocycles. The Morgan fingerprint density at radius 1 is 0.825 bits per heavy atom. The lowest BCUT2D eigenvalue weighted by atomic mass is 9.89. The van der Waals surface area contributed by atoms with E-state index in [4.69, 9.17) is 0 Å². The number of piperidine rings is 1. The van der Waals surface area contributed by atoms with Crippen molar-refractivity contribution in [3.05, 3.63) is 101 Å². The third-order valence-electron chi connectivity index (χ3n) is 7.88. The maximum atomic E-state index is 13.1. The predicted octanol–water partition coefficient (Wildman–Crippen LogP) is 4.72. The van der Waals surface area contributed by atoms with E-state index in [1.165, 1.54) is 10.5 Å². The number of nitrogens with zero attached hydrogens (tertiary/aromatic N) is 2. The first-order valence-corrected chi connectivity index (χ1v) is 13.8. The van der Waals surface area contributed by atoms with Crippen molar-refractivity contribution in [2.75, 3.05) is 24.5 Å². The summed E-state index contributed by atoms with van der Waals surface area (Å²) in [5.74, 6) is -1.46. The zero-order chi connectivity index (χ0) is 28.1. The van der Waals surface area contributed by atoms with Gasteiger partial charge in [0.15, 0.2) is 0 Å². The number of aliphatic carboxylic acids is 1. The first-order chi connectivity index (χ1) is 19.4. The van der Waals surface area contributed by atoms with E-state index < -0.39 is 12.0 Å². The second kappa shape index (κ2) is 12.2. The Balaban J connectivity index is 1.17. The standard InChI is InChI=1S/C32H33N3O5/c36-29(37)15-12-25(18-21-35-31(39)27-8-4-5-9-28(27)32(35)40)33-30(38)24-10-13-26(14-11-24)34-19-16-23(17-20-34)22-6-2-1-3-7-22/h1-11,13-14,23,25H,12,15-21H2,(H,33,38)(H,36,37). The van der Waals surface area contributed by atoms with Crippen LogP contribution >= 0.6 is 0 Å². The zero-order valence-corrected chi connectivity index (χ0v) is 22.3. The summed E-state index contributed by atoms with van der Waals surface area (Å²) in [6, 6.07) is 24.2. The molecule has 5 rings (SSSR count). The van der Waals surface area contributed by atoms with E-state index in [9.17, 15) is 24.3 Å². The molecule has 1 atom stereocenters. The summed E-state index contributed by atoms with van der Waals surface area (Å²) in [5.41, 5.74) is 3.65. The molecule has 0 radical (unpaired) electrons. The summed E-state index contributed by atoms with van der Waals surface area (Å²) in [4.78, 5) is 53.2. The first kappa shape index (κ1) is 27.1. The van der Waals surface area contributed by atoms with Crippen molar-refractivity contribution in [2.24, 2.45) is 0 Å². The number of amides is 3. The van der Waals surface area contributed by atoms with Crippen molar-refractivity contribution in [2.45, 2.75) is 44.1 Å². The Kier molecular flexibility index (Phi) is 8.24. The van der Waals surface area contributed by atoms with E-state index in [-0.39, 0.29) is 43.5 Å². The van der Waals surface area contributed by atoms with E-state index in [2.05, 4.69) is 34.5 Å². The molecule has 2 N–H and O–H groups in total. The Morgan fingerprint density at radius 3 is 2.02 bits per heavy atom. The number of hydrogen-bond acceptors (Lipinski definition) is 5. The molecule has 3 amide bonds. The highest BCUT2D eigenvalue weighted by atomic mass is 16.4. The number of carbonyl (C=O) groups excluding carboxylic acids is 3. The zero-order valence-electron chi connectivity index (χ0n) is 22.3. The fourth-order valence-electron chi connectivity index (χ4n) is 5.60. The molecule has 2 aliphatic rings. The smallest absolute Gasteiger partial charge is 0.303 e. The van der Waals surface area contributed by atoms with Gasteiger partial charge in [0.2, 0.25) is 0 Å². The molecule has 3 aromatic carbocycles. The van der Waals surface area contributed by atoms with Crippen molar-refractivity contribution < 1.29 is 24.3 Å². The maximum absolute atomic E-state index is 13.1. The van der Waals surface area contributed by atoms with Crippen LogP contribution < -0.4 is 10.2 Å². The molecule has 1 saturated heterocycles. The predicted molar refractivity (Wildman–Crippen MR) is 152 cm³/mol. The van der Waals surface area contributed by atoms with Crippen LogP contribution in [0.25, 0.3) is 0 Å². The van der Waals surface area contributed by atoms with Gasteiger partial charge in [0.25, 0.3) is 17.7 Å². The monoisotopic (exact) mass is 539 g/mol. The molecule has 0 aromatic heterocycles. The Labute approximate surface area is 233 Å². The summed E-state index contributed by atoms with van der Waals surface area (Å²) < 4.78 is 0. The molecule has 8 heteroatoms. The number of rotatable bonds is 10. The number of carbonyl (C=O) groups is 4. The number of anilines is 1. The van der Waals surface area contributed by atoms with Crippen molar-refractivity contribution in [1.82, 2.24) is 10.2 Å². The summed E-state index contributed by atoms with van der Waals surface area (Å²) in [6.07, 6.45) is 2.47. The average Bonchev–Trinajstić information content (AvgIpc) is 3.23. The van der Waals surface area contributed by atoms with Gasteiger partial charge in [-0.25, -0.2) is 0 Å². The fourth-order valence-corrected chi connectivity index (χ4v) is 5.60. The summed E-state index contributed by atoms with van der Waals surface area (Å²) in [6.45, 7) is 1.98. The third-order valence-corrected chi connectivity index (χ3v) is 7.88. The highest BCUT2D eigenvalue weighted by Crippen LogP contribution is 2.30. The fraction of sp³-hybridized carbons (Fsp3) is 0.312. The molecule has 0 bridgehead atoms. The van der Waals surface area contributed by atoms with Gasteiger partial charge in [0.05, 0.1) is 11.1 Å². The van der Waals surface area contributed by atoms with Gasteiger partial charge >= 0.3 is 5.97 Å². The molecular weight excluding hydrogens is 506 g/mol. The van der Waals surface area contributed by atoms with Crippen molar-refractivity contribution >= 4 is 29.4 Å². The summed E-state index contributed by atoms with van der Waals surface area (Å²) in [5, 5.41) is 12.1. The van der Waals surface area contributed by atoms with E-state index in [1.807, 2.05) is 18.2 Å². The number of carboxylic acids is 1. The number of nitrogens with one attached hydrogen (secondary N) is 1. The van der Waals surface area contributed by atoms with Gasteiger partial charge in [0.1, 0.15) is 0 Å². The van der Waals surface area contributed by atoms with Gasteiger partial charge in [-0.15, -0.1) is 0 Å². The van der Waals surface area contributed by atoms with Crippen LogP contribution in [0.1, 0.15) is 74.7 Å². The molecule has 0 aliphatic carbocycles. The third kappa shape index (κ3) is 6.06. The van der Waals surface area contributed by atoms with E-state index in [1.54, 1.807) is 36.4 Å². The normalized spacial score (nSPS) is 16.1. The van der Waals surface area contributed by atoms with Crippen LogP contribution in [0.5, 0.6) is 0 Å². The molecule has 1 fully saturated rings. The Hall–Kier alpha value is -4.46. The van der Waals surface area contributed by atoms with Gasteiger partial charge < -0.3 is 15.3 Å². The van der Waals surface area contributed by atoms with Gasteiger partial charge in [-0.05, 0) is 73.6 Å². The number of hydrogen-bond donors (Lipinski definition) is 2. The average molecular weight is 540 g/mol. The Morgan fingerprint density at radius 2 is 1.43 bits per heavy atom. The maximum Gasteiger partial charge on any atom is 0.303 e. The first-order valence-electron chi connectivity index (χ1n) is 13.8. The second-order valence-corrected chi connectivity index (χ2v) is 10.4. The van der Waals surface area contributed by atoms with Gasteiger partial charge in [0, 0.05) is 43.3 Å². The lowest BCUT2D eigenvalue weighted by Crippen LogP contribution is -2.40. The van der Waals surface area contributed by atoms with Gasteiger partial charge in [-0.1, -0.05) is 42.5 Å². The van der Waals surface area contributed by atoms with Crippen molar-refractivity contribution in [3.63, 3.8) is 0 Å². The minimum absolute atomic E-state index is 0.0920. The highest BCUT2D eigenvalue weighted by Gasteiger charge is 2.35. The molecule has 3 aromatic rings. The quantitative estimate of drug-likeness (QED) is 0.361. The van der Waals surface area contributed by atoms with E-state index >= 15 is 0 Å². The summed E-state index contributed by atoms with van der Waals surface area (Å²) in [7, 11) is 0. The molecule has 8 nitrogen and oxygen atoms in total. The summed E-state index contributed by atoms with van der Waals surface area (Å²) >= 11 is 0. The molecule has 0 spiro atoms. The lowest BCUT2D eigenvalue weighted by Gasteiger charge is -2.34. The van der Waals surface area contributed by atoms with Crippen LogP contribution in [0.3, 0.4) is 0 Å². The van der Waals surface area contributed by atoms with Crippen LogP contribution in [0.4, 0.5) is 5.69 Å². The molecule has 40 heavy (non-hydrogen) atoms. The number of imide groups is 1. The molecule has 1 unspecified atom stereocenters. The minimum atomic E-state index is -0.972. The van der Waals surface area contributed by atoms with Crippen LogP contribution in [0.15, 0.2) is 78.9 Å². The van der Waals surface area contributed by atoms with Crippen LogP contribution in [0.2, 0.25) is 0 Å². The second-order valence-electron chi connectivity index (χ2n) is 10.4. The van der Waals surface area contributed by atoms with Crippen LogP contribution in [-0.4, -0.2) is 59.4 Å². The van der Waals surface area contributed by atoms with Crippen molar-refractivity contribution in [3.8, 4) is 0 Å². The van der Waals surface area contributed by atoms with Gasteiger partial charge in [-0.2, -0.15) is 0 Å². The topological polar surface area (TPSA) is 107 Å². The molecule has 2 aliphatic heterocycles. The number of fused-ring (bicyclic) bond motifs is 1. The van der Waals surface area contributed by atoms with E-state index in [0.717, 1.165) is 31.6 Å². The SMILES string of the molecule is O=C(O)CCC(CCN1C(=O)c2ccccc2C1=O)NC(=O)c1ccc(N2CCC(c3ccccc3)CC2)cc1.